The third-order valence-electron chi connectivity index (χ3n) is 2.70. The molecule has 0 amide bonds. The van der Waals surface area contributed by atoms with Crippen LogP contribution < -0.4 is 5.32 Å². The van der Waals surface area contributed by atoms with E-state index in [0.717, 1.165) is 29.0 Å². The number of nitrogens with one attached hydrogen (secondary N) is 1. The number of fused-ring (bicyclic) bond motifs is 1. The van der Waals surface area contributed by atoms with Crippen LogP contribution in [-0.4, -0.2) is 17.5 Å². The van der Waals surface area contributed by atoms with Gasteiger partial charge in [-0.3, -0.25) is 0 Å². The van der Waals surface area contributed by atoms with E-state index in [1.54, 1.807) is 0 Å². The molecule has 0 aromatic heterocycles. The van der Waals surface area contributed by atoms with Gasteiger partial charge >= 0.3 is 0 Å². The molecular weight excluding hydrogens is 308 g/mol. The molecule has 1 atom stereocenters. The van der Waals surface area contributed by atoms with E-state index in [9.17, 15) is 0 Å². The van der Waals surface area contributed by atoms with Crippen LogP contribution in [0.2, 0.25) is 5.02 Å². The van der Waals surface area contributed by atoms with Gasteiger partial charge in [0.25, 0.3) is 0 Å². The van der Waals surface area contributed by atoms with Gasteiger partial charge in [-0.05, 0) is 36.2 Å². The topological polar surface area (TPSA) is 12.0 Å². The quantitative estimate of drug-likeness (QED) is 0.619. The second-order valence-electron chi connectivity index (χ2n) is 3.65. The van der Waals surface area contributed by atoms with Crippen LogP contribution in [0, 0.1) is 0 Å². The maximum Gasteiger partial charge on any atom is 0.0409 e. The smallest absolute Gasteiger partial charge is 0.0409 e. The SMILES string of the molecule is Clc1ccc2c(c1)[C@@H](CI)CNCC2. The fourth-order valence-corrected chi connectivity index (χ4v) is 2.89. The summed E-state index contributed by atoms with van der Waals surface area (Å²) in [5.74, 6) is 0.617. The molecule has 1 aliphatic heterocycles. The number of alkyl halides is 1. The van der Waals surface area contributed by atoms with Gasteiger partial charge in [0.1, 0.15) is 0 Å². The predicted octanol–water partition coefficient (Wildman–Crippen LogP) is 3.00. The zero-order chi connectivity index (χ0) is 9.97. The molecule has 3 heteroatoms. The highest BCUT2D eigenvalue weighted by Gasteiger charge is 2.17. The van der Waals surface area contributed by atoms with Gasteiger partial charge in [-0.2, -0.15) is 0 Å². The lowest BCUT2D eigenvalue weighted by Gasteiger charge is -2.14. The van der Waals surface area contributed by atoms with Gasteiger partial charge in [0, 0.05) is 21.9 Å². The Balaban J connectivity index is 2.40. The molecule has 1 aromatic rings. The number of rotatable bonds is 1. The minimum atomic E-state index is 0.617. The van der Waals surface area contributed by atoms with Crippen molar-refractivity contribution in [3.8, 4) is 0 Å². The third kappa shape index (κ3) is 2.23. The molecule has 1 heterocycles. The first-order valence-corrected chi connectivity index (χ1v) is 6.76. The lowest BCUT2D eigenvalue weighted by Crippen LogP contribution is -2.20. The minimum absolute atomic E-state index is 0.617. The molecule has 1 aromatic carbocycles. The summed E-state index contributed by atoms with van der Waals surface area (Å²) in [6, 6.07) is 6.30. The standard InChI is InChI=1S/C11H13ClIN/c12-10-2-1-8-3-4-14-7-9(6-13)11(8)5-10/h1-2,5,9,14H,3-4,6-7H2/t9-/m0/s1. The highest BCUT2D eigenvalue weighted by Crippen LogP contribution is 2.27. The number of halogens is 2. The van der Waals surface area contributed by atoms with Gasteiger partial charge in [-0.1, -0.05) is 40.3 Å². The van der Waals surface area contributed by atoms with Crippen LogP contribution in [0.3, 0.4) is 0 Å². The Morgan fingerprint density at radius 3 is 3.14 bits per heavy atom. The summed E-state index contributed by atoms with van der Waals surface area (Å²) < 4.78 is 1.15. The molecule has 14 heavy (non-hydrogen) atoms. The van der Waals surface area contributed by atoms with Crippen LogP contribution in [0.4, 0.5) is 0 Å². The van der Waals surface area contributed by atoms with Crippen molar-refractivity contribution in [1.29, 1.82) is 0 Å². The van der Waals surface area contributed by atoms with Gasteiger partial charge in [-0.25, -0.2) is 0 Å². The molecule has 0 bridgehead atoms. The van der Waals surface area contributed by atoms with E-state index in [1.807, 2.05) is 6.07 Å². The summed E-state index contributed by atoms with van der Waals surface area (Å²) in [7, 11) is 0. The molecule has 1 N–H and O–H groups in total. The summed E-state index contributed by atoms with van der Waals surface area (Å²) in [6.45, 7) is 2.16. The van der Waals surface area contributed by atoms with Crippen molar-refractivity contribution in [1.82, 2.24) is 5.32 Å². The zero-order valence-electron chi connectivity index (χ0n) is 7.89. The Morgan fingerprint density at radius 1 is 1.50 bits per heavy atom. The van der Waals surface area contributed by atoms with Gasteiger partial charge in [0.2, 0.25) is 0 Å². The highest BCUT2D eigenvalue weighted by molar-refractivity contribution is 14.1. The van der Waals surface area contributed by atoms with E-state index in [1.165, 1.54) is 11.1 Å². The van der Waals surface area contributed by atoms with E-state index >= 15 is 0 Å². The molecular formula is C11H13ClIN. The van der Waals surface area contributed by atoms with Crippen molar-refractivity contribution in [2.45, 2.75) is 12.3 Å². The first kappa shape index (κ1) is 10.7. The van der Waals surface area contributed by atoms with Crippen molar-refractivity contribution in [2.75, 3.05) is 17.5 Å². The van der Waals surface area contributed by atoms with Crippen LogP contribution in [0.25, 0.3) is 0 Å². The monoisotopic (exact) mass is 321 g/mol. The first-order chi connectivity index (χ1) is 6.81. The fourth-order valence-electron chi connectivity index (χ4n) is 1.92. The highest BCUT2D eigenvalue weighted by atomic mass is 127. The van der Waals surface area contributed by atoms with Gasteiger partial charge in [-0.15, -0.1) is 0 Å². The normalized spacial score (nSPS) is 21.4. The Hall–Kier alpha value is 0.200. The van der Waals surface area contributed by atoms with E-state index in [4.69, 9.17) is 11.6 Å². The van der Waals surface area contributed by atoms with Crippen molar-refractivity contribution in [3.05, 3.63) is 34.3 Å². The second-order valence-corrected chi connectivity index (χ2v) is 4.97. The fraction of sp³-hybridized carbons (Fsp3) is 0.455. The van der Waals surface area contributed by atoms with Crippen molar-refractivity contribution >= 4 is 34.2 Å². The zero-order valence-corrected chi connectivity index (χ0v) is 10.8. The molecule has 0 radical (unpaired) electrons. The first-order valence-electron chi connectivity index (χ1n) is 4.86. The predicted molar refractivity (Wildman–Crippen MR) is 69.7 cm³/mol. The summed E-state index contributed by atoms with van der Waals surface area (Å²) in [6.07, 6.45) is 1.12. The van der Waals surface area contributed by atoms with Crippen molar-refractivity contribution < 1.29 is 0 Å². The van der Waals surface area contributed by atoms with Crippen molar-refractivity contribution in [3.63, 3.8) is 0 Å². The number of benzene rings is 1. The Morgan fingerprint density at radius 2 is 2.36 bits per heavy atom. The molecule has 76 valence electrons. The van der Waals surface area contributed by atoms with E-state index in [0.29, 0.717) is 5.92 Å². The maximum atomic E-state index is 6.03. The molecule has 0 fully saturated rings. The molecule has 0 spiro atoms. The largest absolute Gasteiger partial charge is 0.316 e. The van der Waals surface area contributed by atoms with Crippen LogP contribution in [-0.2, 0) is 6.42 Å². The third-order valence-corrected chi connectivity index (χ3v) is 3.99. The molecule has 0 aliphatic carbocycles. The maximum absolute atomic E-state index is 6.03. The Kier molecular flexibility index (Phi) is 3.68. The van der Waals surface area contributed by atoms with Crippen LogP contribution >= 0.6 is 34.2 Å². The minimum Gasteiger partial charge on any atom is -0.316 e. The average Bonchev–Trinajstić information content (AvgIpc) is 2.39. The summed E-state index contributed by atoms with van der Waals surface area (Å²) in [5.41, 5.74) is 2.90. The Bertz CT molecular complexity index is 327. The van der Waals surface area contributed by atoms with Crippen LogP contribution in [0.1, 0.15) is 17.0 Å². The van der Waals surface area contributed by atoms with Crippen LogP contribution in [0.5, 0.6) is 0 Å². The van der Waals surface area contributed by atoms with Crippen LogP contribution in [0.15, 0.2) is 18.2 Å². The Labute approximate surface area is 103 Å². The van der Waals surface area contributed by atoms with E-state index in [2.05, 4.69) is 40.0 Å². The molecule has 0 saturated heterocycles. The number of hydrogen-bond donors (Lipinski definition) is 1. The summed E-state index contributed by atoms with van der Waals surface area (Å²) >= 11 is 8.48. The average molecular weight is 322 g/mol. The lowest BCUT2D eigenvalue weighted by atomic mass is 9.95. The molecule has 0 saturated carbocycles. The number of hydrogen-bond acceptors (Lipinski definition) is 1. The summed E-state index contributed by atoms with van der Waals surface area (Å²) in [5, 5.41) is 4.33. The van der Waals surface area contributed by atoms with Gasteiger partial charge in [0.05, 0.1) is 0 Å². The molecule has 1 aliphatic rings. The molecule has 2 rings (SSSR count). The molecule has 1 nitrogen and oxygen atoms in total. The van der Waals surface area contributed by atoms with E-state index in [-0.39, 0.29) is 0 Å². The second kappa shape index (κ2) is 4.81. The van der Waals surface area contributed by atoms with Crippen molar-refractivity contribution in [2.24, 2.45) is 0 Å². The summed E-state index contributed by atoms with van der Waals surface area (Å²) in [4.78, 5) is 0. The lowest BCUT2D eigenvalue weighted by molar-refractivity contribution is 0.654. The van der Waals surface area contributed by atoms with E-state index < -0.39 is 0 Å². The van der Waals surface area contributed by atoms with Gasteiger partial charge in [0.15, 0.2) is 0 Å². The van der Waals surface area contributed by atoms with Gasteiger partial charge < -0.3 is 5.32 Å². The molecule has 0 unspecified atom stereocenters.